The van der Waals surface area contributed by atoms with E-state index >= 15 is 0 Å². The third kappa shape index (κ3) is 3.74. The van der Waals surface area contributed by atoms with Gasteiger partial charge in [0, 0.05) is 18.6 Å². The van der Waals surface area contributed by atoms with Crippen molar-refractivity contribution in [3.8, 4) is 5.75 Å². The third-order valence-corrected chi connectivity index (χ3v) is 5.59. The van der Waals surface area contributed by atoms with Crippen LogP contribution < -0.4 is 4.74 Å². The van der Waals surface area contributed by atoms with E-state index in [1.165, 1.54) is 18.7 Å². The van der Waals surface area contributed by atoms with Gasteiger partial charge >= 0.3 is 6.18 Å². The summed E-state index contributed by atoms with van der Waals surface area (Å²) in [5.74, 6) is 0.250. The summed E-state index contributed by atoms with van der Waals surface area (Å²) in [4.78, 5) is 2.48. The van der Waals surface area contributed by atoms with E-state index in [1.807, 2.05) is 18.2 Å². The van der Waals surface area contributed by atoms with Gasteiger partial charge in [0.15, 0.2) is 0 Å². The Balaban J connectivity index is 1.62. The summed E-state index contributed by atoms with van der Waals surface area (Å²) in [5.41, 5.74) is 2.23. The van der Waals surface area contributed by atoms with Crippen LogP contribution in [0.1, 0.15) is 36.0 Å². The van der Waals surface area contributed by atoms with Gasteiger partial charge in [0.25, 0.3) is 0 Å². The number of ether oxygens (including phenoxy) is 1. The average molecular weight is 373 g/mol. The van der Waals surface area contributed by atoms with Crippen molar-refractivity contribution in [3.05, 3.63) is 71.3 Å². The molecule has 4 rings (SSSR count). The molecule has 1 fully saturated rings. The molecule has 2 atom stereocenters. The van der Waals surface area contributed by atoms with Crippen molar-refractivity contribution >= 4 is 5.57 Å². The van der Waals surface area contributed by atoms with Crippen LogP contribution >= 0.6 is 0 Å². The van der Waals surface area contributed by atoms with E-state index in [4.69, 9.17) is 4.74 Å². The van der Waals surface area contributed by atoms with E-state index in [0.717, 1.165) is 37.4 Å². The standard InChI is InChI=1S/C22H22F3NO/c1-27-21-12-16(9-18(13-21)22(23,24)25)17-10-19-7-8-20(11-17)26(19)14-15-5-3-2-4-6-15/h2-6,9-10,12-13,19-20H,7-8,11,14H2,1H3. The molecule has 0 aromatic heterocycles. The minimum atomic E-state index is -4.38. The summed E-state index contributed by atoms with van der Waals surface area (Å²) in [5, 5.41) is 0. The van der Waals surface area contributed by atoms with E-state index in [-0.39, 0.29) is 11.8 Å². The van der Waals surface area contributed by atoms with Gasteiger partial charge in [-0.15, -0.1) is 0 Å². The monoisotopic (exact) mass is 373 g/mol. The Hall–Kier alpha value is -2.27. The number of fused-ring (bicyclic) bond motifs is 2. The number of nitrogens with zero attached hydrogens (tertiary/aromatic N) is 1. The lowest BCUT2D eigenvalue weighted by Gasteiger charge is -2.34. The van der Waals surface area contributed by atoms with Crippen molar-refractivity contribution in [2.45, 2.75) is 44.1 Å². The summed E-state index contributed by atoms with van der Waals surface area (Å²) >= 11 is 0. The second kappa shape index (κ2) is 7.04. The number of methoxy groups -OCH3 is 1. The Morgan fingerprint density at radius 1 is 1.07 bits per heavy atom. The molecule has 1 saturated heterocycles. The van der Waals surface area contributed by atoms with Crippen LogP contribution in [-0.4, -0.2) is 24.1 Å². The largest absolute Gasteiger partial charge is 0.497 e. The quantitative estimate of drug-likeness (QED) is 0.698. The van der Waals surface area contributed by atoms with Gasteiger partial charge in [0.1, 0.15) is 5.75 Å². The molecule has 2 bridgehead atoms. The first-order valence-corrected chi connectivity index (χ1v) is 9.21. The van der Waals surface area contributed by atoms with Gasteiger partial charge in [-0.2, -0.15) is 13.2 Å². The molecule has 2 aromatic carbocycles. The van der Waals surface area contributed by atoms with Gasteiger partial charge in [-0.25, -0.2) is 0 Å². The van der Waals surface area contributed by atoms with E-state index in [2.05, 4.69) is 23.1 Å². The van der Waals surface area contributed by atoms with E-state index < -0.39 is 11.7 Å². The Morgan fingerprint density at radius 2 is 1.85 bits per heavy atom. The molecule has 2 aliphatic rings. The van der Waals surface area contributed by atoms with Crippen molar-refractivity contribution in [2.75, 3.05) is 7.11 Å². The Labute approximate surface area is 157 Å². The lowest BCUT2D eigenvalue weighted by atomic mass is 9.93. The zero-order valence-electron chi connectivity index (χ0n) is 15.2. The maximum Gasteiger partial charge on any atom is 0.416 e. The van der Waals surface area contributed by atoms with Gasteiger partial charge in [0.05, 0.1) is 12.7 Å². The lowest BCUT2D eigenvalue weighted by molar-refractivity contribution is -0.137. The molecule has 0 radical (unpaired) electrons. The van der Waals surface area contributed by atoms with Gasteiger partial charge in [-0.1, -0.05) is 36.4 Å². The molecule has 27 heavy (non-hydrogen) atoms. The highest BCUT2D eigenvalue weighted by Gasteiger charge is 2.37. The summed E-state index contributed by atoms with van der Waals surface area (Å²) in [7, 11) is 1.40. The molecule has 2 nitrogen and oxygen atoms in total. The molecule has 2 aliphatic heterocycles. The first-order valence-electron chi connectivity index (χ1n) is 9.21. The zero-order valence-corrected chi connectivity index (χ0v) is 15.2. The van der Waals surface area contributed by atoms with Gasteiger partial charge in [-0.3, -0.25) is 4.90 Å². The van der Waals surface area contributed by atoms with Gasteiger partial charge < -0.3 is 4.74 Å². The first kappa shape index (κ1) is 18.1. The van der Waals surface area contributed by atoms with Crippen molar-refractivity contribution in [1.29, 1.82) is 0 Å². The zero-order chi connectivity index (χ0) is 19.0. The average Bonchev–Trinajstić information content (AvgIpc) is 2.89. The molecule has 0 spiro atoms. The van der Waals surface area contributed by atoms with E-state index in [0.29, 0.717) is 11.6 Å². The predicted molar refractivity (Wildman–Crippen MR) is 99.4 cm³/mol. The summed E-state index contributed by atoms with van der Waals surface area (Å²) in [6, 6.07) is 15.0. The van der Waals surface area contributed by atoms with E-state index in [9.17, 15) is 13.2 Å². The van der Waals surface area contributed by atoms with Gasteiger partial charge in [-0.05, 0) is 54.2 Å². The van der Waals surface area contributed by atoms with Crippen LogP contribution in [0, 0.1) is 0 Å². The number of alkyl halides is 3. The van der Waals surface area contributed by atoms with Crippen LogP contribution in [0.2, 0.25) is 0 Å². The molecule has 0 saturated carbocycles. The van der Waals surface area contributed by atoms with Crippen LogP contribution in [0.15, 0.2) is 54.6 Å². The van der Waals surface area contributed by atoms with Crippen LogP contribution in [0.5, 0.6) is 5.75 Å². The lowest BCUT2D eigenvalue weighted by Crippen LogP contribution is -2.37. The van der Waals surface area contributed by atoms with Crippen molar-refractivity contribution < 1.29 is 17.9 Å². The van der Waals surface area contributed by atoms with Crippen LogP contribution in [0.25, 0.3) is 5.57 Å². The second-order valence-corrected chi connectivity index (χ2v) is 7.30. The van der Waals surface area contributed by atoms with Gasteiger partial charge in [0.2, 0.25) is 0 Å². The molecular weight excluding hydrogens is 351 g/mol. The van der Waals surface area contributed by atoms with Crippen LogP contribution in [-0.2, 0) is 12.7 Å². The Bertz CT molecular complexity index is 844. The SMILES string of the molecule is COc1cc(C2=CC3CCC(C2)N3Cc2ccccc2)cc(C(F)(F)F)c1. The fraction of sp³-hybridized carbons (Fsp3) is 0.364. The number of hydrogen-bond acceptors (Lipinski definition) is 2. The summed E-state index contributed by atoms with van der Waals surface area (Å²) in [6.07, 6.45) is 0.677. The number of rotatable bonds is 4. The molecular formula is C22H22F3NO. The molecule has 0 aliphatic carbocycles. The normalized spacial score (nSPS) is 22.6. The van der Waals surface area contributed by atoms with Crippen molar-refractivity contribution in [1.82, 2.24) is 4.90 Å². The van der Waals surface area contributed by atoms with Crippen LogP contribution in [0.3, 0.4) is 0 Å². The third-order valence-electron chi connectivity index (χ3n) is 5.59. The van der Waals surface area contributed by atoms with Crippen molar-refractivity contribution in [2.24, 2.45) is 0 Å². The molecule has 0 N–H and O–H groups in total. The first-order chi connectivity index (χ1) is 12.9. The highest BCUT2D eigenvalue weighted by molar-refractivity contribution is 5.70. The fourth-order valence-corrected chi connectivity index (χ4v) is 4.24. The Kier molecular flexibility index (Phi) is 4.72. The molecule has 2 heterocycles. The highest BCUT2D eigenvalue weighted by Crippen LogP contribution is 2.41. The molecule has 0 amide bonds. The second-order valence-electron chi connectivity index (χ2n) is 7.30. The highest BCUT2D eigenvalue weighted by atomic mass is 19.4. The predicted octanol–water partition coefficient (Wildman–Crippen LogP) is 5.53. The topological polar surface area (TPSA) is 12.5 Å². The smallest absolute Gasteiger partial charge is 0.416 e. The minimum absolute atomic E-state index is 0.250. The minimum Gasteiger partial charge on any atom is -0.497 e. The summed E-state index contributed by atoms with van der Waals surface area (Å²) in [6.45, 7) is 0.881. The number of benzene rings is 2. The molecule has 5 heteroatoms. The Morgan fingerprint density at radius 3 is 2.52 bits per heavy atom. The summed E-state index contributed by atoms with van der Waals surface area (Å²) < 4.78 is 44.8. The van der Waals surface area contributed by atoms with E-state index in [1.54, 1.807) is 6.07 Å². The van der Waals surface area contributed by atoms with Crippen LogP contribution in [0.4, 0.5) is 13.2 Å². The number of halogens is 3. The molecule has 2 unspecified atom stereocenters. The number of hydrogen-bond donors (Lipinski definition) is 0. The molecule has 142 valence electrons. The fourth-order valence-electron chi connectivity index (χ4n) is 4.24. The maximum atomic E-state index is 13.2. The maximum absolute atomic E-state index is 13.2. The van der Waals surface area contributed by atoms with Crippen molar-refractivity contribution in [3.63, 3.8) is 0 Å². The molecule has 2 aromatic rings.